The average molecular weight is 253 g/mol. The second-order valence-electron chi connectivity index (χ2n) is 4.83. The molecule has 1 fully saturated rings. The lowest BCUT2D eigenvalue weighted by atomic mass is 9.95. The molecule has 0 saturated carbocycles. The summed E-state index contributed by atoms with van der Waals surface area (Å²) in [6.45, 7) is 8.73. The maximum absolute atomic E-state index is 4.58. The molecule has 96 valence electrons. The van der Waals surface area contributed by atoms with Crippen LogP contribution >= 0.6 is 11.8 Å². The zero-order valence-electron chi connectivity index (χ0n) is 11.1. The molecule has 1 aliphatic heterocycles. The molecule has 1 aliphatic rings. The summed E-state index contributed by atoms with van der Waals surface area (Å²) in [5.74, 6) is 2.48. The highest BCUT2D eigenvalue weighted by Gasteiger charge is 2.40. The van der Waals surface area contributed by atoms with E-state index in [2.05, 4.69) is 53.6 Å². The first kappa shape index (κ1) is 13.0. The molecule has 1 aromatic rings. The Morgan fingerprint density at radius 2 is 2.41 bits per heavy atom. The molecule has 0 amide bonds. The minimum atomic E-state index is 0.300. The van der Waals surface area contributed by atoms with Crippen molar-refractivity contribution in [3.05, 3.63) is 18.2 Å². The van der Waals surface area contributed by atoms with Crippen LogP contribution in [0.2, 0.25) is 0 Å². The molecule has 2 heterocycles. The number of imidazole rings is 1. The molecule has 0 aromatic carbocycles. The normalized spacial score (nSPS) is 26.3. The molecule has 1 aromatic heterocycles. The van der Waals surface area contributed by atoms with Gasteiger partial charge in [-0.1, -0.05) is 6.92 Å². The molecule has 17 heavy (non-hydrogen) atoms. The predicted octanol–water partition coefficient (Wildman–Crippen LogP) is 2.84. The van der Waals surface area contributed by atoms with Gasteiger partial charge in [-0.3, -0.25) is 0 Å². The van der Waals surface area contributed by atoms with Crippen LogP contribution in [0.4, 0.5) is 0 Å². The predicted molar refractivity (Wildman–Crippen MR) is 74.4 cm³/mol. The summed E-state index contributed by atoms with van der Waals surface area (Å²) in [7, 11) is 0. The van der Waals surface area contributed by atoms with Crippen LogP contribution in [0.3, 0.4) is 0 Å². The Balaban J connectivity index is 2.28. The van der Waals surface area contributed by atoms with Gasteiger partial charge in [0.15, 0.2) is 0 Å². The van der Waals surface area contributed by atoms with Crippen molar-refractivity contribution in [2.24, 2.45) is 0 Å². The lowest BCUT2D eigenvalue weighted by Crippen LogP contribution is -2.39. The first-order chi connectivity index (χ1) is 8.21. The lowest BCUT2D eigenvalue weighted by molar-refractivity contribution is 0.392. The number of nitrogens with one attached hydrogen (secondary N) is 1. The zero-order valence-corrected chi connectivity index (χ0v) is 11.9. The Labute approximate surface area is 108 Å². The van der Waals surface area contributed by atoms with Gasteiger partial charge < -0.3 is 9.88 Å². The molecule has 3 nitrogen and oxygen atoms in total. The molecule has 0 aliphatic carbocycles. The van der Waals surface area contributed by atoms with E-state index in [0.717, 1.165) is 13.1 Å². The van der Waals surface area contributed by atoms with E-state index in [1.54, 1.807) is 0 Å². The molecule has 2 unspecified atom stereocenters. The first-order valence-corrected chi connectivity index (χ1v) is 7.58. The third-order valence-electron chi connectivity index (χ3n) is 3.61. The van der Waals surface area contributed by atoms with Crippen molar-refractivity contribution in [1.29, 1.82) is 0 Å². The summed E-state index contributed by atoms with van der Waals surface area (Å²) in [6.07, 6.45) is 6.62. The van der Waals surface area contributed by atoms with E-state index in [1.165, 1.54) is 24.4 Å². The van der Waals surface area contributed by atoms with Crippen molar-refractivity contribution in [3.63, 3.8) is 0 Å². The van der Waals surface area contributed by atoms with Gasteiger partial charge in [0.2, 0.25) is 0 Å². The van der Waals surface area contributed by atoms with Gasteiger partial charge in [0, 0.05) is 23.7 Å². The number of thioether (sulfide) groups is 1. The van der Waals surface area contributed by atoms with Gasteiger partial charge >= 0.3 is 0 Å². The van der Waals surface area contributed by atoms with E-state index >= 15 is 0 Å². The van der Waals surface area contributed by atoms with Crippen molar-refractivity contribution in [3.8, 4) is 0 Å². The molecule has 2 rings (SSSR count). The quantitative estimate of drug-likeness (QED) is 0.875. The van der Waals surface area contributed by atoms with Crippen molar-refractivity contribution in [2.45, 2.75) is 50.9 Å². The lowest BCUT2D eigenvalue weighted by Gasteiger charge is -2.33. The fourth-order valence-electron chi connectivity index (χ4n) is 2.66. The SMILES string of the molecule is CCNC(c1nccn1CC)C1(C)CCCS1. The topological polar surface area (TPSA) is 29.9 Å². The van der Waals surface area contributed by atoms with Crippen LogP contribution in [0.25, 0.3) is 0 Å². The summed E-state index contributed by atoms with van der Waals surface area (Å²) in [4.78, 5) is 4.58. The third kappa shape index (κ3) is 2.52. The average Bonchev–Trinajstić information content (AvgIpc) is 2.95. The highest BCUT2D eigenvalue weighted by molar-refractivity contribution is 8.00. The summed E-state index contributed by atoms with van der Waals surface area (Å²) in [6, 6.07) is 0.370. The summed E-state index contributed by atoms with van der Waals surface area (Å²) < 4.78 is 2.56. The van der Waals surface area contributed by atoms with Gasteiger partial charge in [-0.2, -0.15) is 11.8 Å². The summed E-state index contributed by atoms with van der Waals surface area (Å²) >= 11 is 2.09. The summed E-state index contributed by atoms with van der Waals surface area (Å²) in [5.41, 5.74) is 0. The molecule has 1 saturated heterocycles. The summed E-state index contributed by atoms with van der Waals surface area (Å²) in [5, 5.41) is 3.64. The van der Waals surface area contributed by atoms with E-state index in [4.69, 9.17) is 0 Å². The van der Waals surface area contributed by atoms with Gasteiger partial charge in [-0.05, 0) is 39.0 Å². The number of aryl methyl sites for hydroxylation is 1. The number of nitrogens with zero attached hydrogens (tertiary/aromatic N) is 2. The van der Waals surface area contributed by atoms with E-state index in [1.807, 2.05) is 6.20 Å². The van der Waals surface area contributed by atoms with Crippen molar-refractivity contribution >= 4 is 11.8 Å². The minimum Gasteiger partial charge on any atom is -0.334 e. The van der Waals surface area contributed by atoms with Crippen LogP contribution in [-0.2, 0) is 6.54 Å². The Hall–Kier alpha value is -0.480. The molecule has 0 spiro atoms. The molecular weight excluding hydrogens is 230 g/mol. The van der Waals surface area contributed by atoms with Crippen LogP contribution in [-0.4, -0.2) is 26.6 Å². The smallest absolute Gasteiger partial charge is 0.127 e. The largest absolute Gasteiger partial charge is 0.334 e. The van der Waals surface area contributed by atoms with E-state index in [0.29, 0.717) is 10.8 Å². The van der Waals surface area contributed by atoms with E-state index in [-0.39, 0.29) is 0 Å². The van der Waals surface area contributed by atoms with Crippen molar-refractivity contribution in [1.82, 2.24) is 14.9 Å². The molecular formula is C13H23N3S. The fourth-order valence-corrected chi connectivity index (χ4v) is 4.06. The number of rotatable bonds is 5. The molecule has 0 radical (unpaired) electrons. The van der Waals surface area contributed by atoms with Crippen LogP contribution in [0.1, 0.15) is 45.5 Å². The minimum absolute atomic E-state index is 0.300. The maximum Gasteiger partial charge on any atom is 0.127 e. The zero-order chi connectivity index (χ0) is 12.3. The van der Waals surface area contributed by atoms with E-state index in [9.17, 15) is 0 Å². The Morgan fingerprint density at radius 1 is 1.59 bits per heavy atom. The number of aromatic nitrogens is 2. The van der Waals surface area contributed by atoms with Crippen LogP contribution in [0.15, 0.2) is 12.4 Å². The second kappa shape index (κ2) is 5.44. The monoisotopic (exact) mass is 253 g/mol. The number of hydrogen-bond acceptors (Lipinski definition) is 3. The second-order valence-corrected chi connectivity index (χ2v) is 6.46. The molecule has 0 bridgehead atoms. The fraction of sp³-hybridized carbons (Fsp3) is 0.769. The Bertz CT molecular complexity index is 355. The molecule has 2 atom stereocenters. The number of hydrogen-bond donors (Lipinski definition) is 1. The molecule has 4 heteroatoms. The van der Waals surface area contributed by atoms with Gasteiger partial charge in [0.1, 0.15) is 5.82 Å². The van der Waals surface area contributed by atoms with Gasteiger partial charge in [-0.15, -0.1) is 0 Å². The van der Waals surface area contributed by atoms with Crippen LogP contribution in [0.5, 0.6) is 0 Å². The van der Waals surface area contributed by atoms with Crippen molar-refractivity contribution < 1.29 is 0 Å². The first-order valence-electron chi connectivity index (χ1n) is 6.59. The van der Waals surface area contributed by atoms with Crippen LogP contribution < -0.4 is 5.32 Å². The maximum atomic E-state index is 4.58. The van der Waals surface area contributed by atoms with Crippen LogP contribution in [0, 0.1) is 0 Å². The van der Waals surface area contributed by atoms with Gasteiger partial charge in [0.05, 0.1) is 6.04 Å². The molecule has 1 N–H and O–H groups in total. The Kier molecular flexibility index (Phi) is 4.15. The third-order valence-corrected chi connectivity index (χ3v) is 5.21. The van der Waals surface area contributed by atoms with Gasteiger partial charge in [-0.25, -0.2) is 4.98 Å². The van der Waals surface area contributed by atoms with E-state index < -0.39 is 0 Å². The van der Waals surface area contributed by atoms with Crippen molar-refractivity contribution in [2.75, 3.05) is 12.3 Å². The highest BCUT2D eigenvalue weighted by Crippen LogP contribution is 2.46. The highest BCUT2D eigenvalue weighted by atomic mass is 32.2. The van der Waals surface area contributed by atoms with Gasteiger partial charge in [0.25, 0.3) is 0 Å². The standard InChI is InChI=1S/C13H23N3S/c1-4-14-11(13(3)7-6-10-17-13)12-15-8-9-16(12)5-2/h8-9,11,14H,4-7,10H2,1-3H3. The Morgan fingerprint density at radius 3 is 3.00 bits per heavy atom.